The third-order valence-corrected chi connectivity index (χ3v) is 6.25. The number of carbonyl (C=O) groups is 2. The fourth-order valence-corrected chi connectivity index (χ4v) is 4.76. The maximum absolute atomic E-state index is 13.1. The summed E-state index contributed by atoms with van der Waals surface area (Å²) in [6, 6.07) is 7.39. The number of rotatable bonds is 5. The summed E-state index contributed by atoms with van der Waals surface area (Å²) in [4.78, 5) is 35.8. The smallest absolute Gasteiger partial charge is 0.228 e. The van der Waals surface area contributed by atoms with Crippen molar-refractivity contribution in [2.75, 3.05) is 25.6 Å². The number of imidazole rings is 1. The number of para-hydroxylation sites is 2. The molecule has 1 aromatic carbocycles. The van der Waals surface area contributed by atoms with Gasteiger partial charge in [-0.25, -0.2) is 4.98 Å². The summed E-state index contributed by atoms with van der Waals surface area (Å²) in [7, 11) is 3.37. The van der Waals surface area contributed by atoms with Crippen LogP contribution in [0.1, 0.15) is 22.7 Å². The zero-order chi connectivity index (χ0) is 20.7. The van der Waals surface area contributed by atoms with E-state index in [4.69, 9.17) is 4.74 Å². The molecular formula is C21H24N4O3S. The molecule has 0 spiro atoms. The normalized spacial score (nSPS) is 16.6. The molecule has 8 heteroatoms. The number of hydrogen-bond donors (Lipinski definition) is 0. The van der Waals surface area contributed by atoms with Crippen LogP contribution in [-0.4, -0.2) is 46.8 Å². The second kappa shape index (κ2) is 7.51. The molecule has 0 N–H and O–H groups in total. The number of fused-ring (bicyclic) bond motifs is 1. The number of aryl methyl sites for hydroxylation is 2. The molecule has 2 aromatic heterocycles. The van der Waals surface area contributed by atoms with Crippen LogP contribution >= 0.6 is 11.3 Å². The van der Waals surface area contributed by atoms with Gasteiger partial charge < -0.3 is 14.5 Å². The first kappa shape index (κ1) is 19.4. The van der Waals surface area contributed by atoms with Gasteiger partial charge in [-0.3, -0.25) is 14.0 Å². The molecule has 2 amide bonds. The molecule has 1 atom stereocenters. The van der Waals surface area contributed by atoms with Crippen molar-refractivity contribution in [3.05, 3.63) is 46.7 Å². The molecule has 0 aliphatic carbocycles. The highest BCUT2D eigenvalue weighted by molar-refractivity contribution is 7.17. The lowest BCUT2D eigenvalue weighted by atomic mass is 10.1. The van der Waals surface area contributed by atoms with Crippen molar-refractivity contribution in [3.8, 4) is 5.75 Å². The highest BCUT2D eigenvalue weighted by Crippen LogP contribution is 2.33. The number of benzene rings is 1. The summed E-state index contributed by atoms with van der Waals surface area (Å²) in [5.41, 5.74) is 2.64. The van der Waals surface area contributed by atoms with Gasteiger partial charge in [0.15, 0.2) is 4.96 Å². The van der Waals surface area contributed by atoms with Gasteiger partial charge in [-0.1, -0.05) is 12.1 Å². The summed E-state index contributed by atoms with van der Waals surface area (Å²) in [6.07, 6.45) is 2.26. The number of hydrogen-bond acceptors (Lipinski definition) is 5. The van der Waals surface area contributed by atoms with E-state index in [1.807, 2.05) is 38.1 Å². The Hall–Kier alpha value is -2.87. The maximum atomic E-state index is 13.1. The van der Waals surface area contributed by atoms with E-state index in [2.05, 4.69) is 15.6 Å². The van der Waals surface area contributed by atoms with Crippen molar-refractivity contribution in [1.29, 1.82) is 0 Å². The van der Waals surface area contributed by atoms with Gasteiger partial charge in [0.1, 0.15) is 5.75 Å². The Morgan fingerprint density at radius 2 is 2.10 bits per heavy atom. The molecule has 0 radical (unpaired) electrons. The van der Waals surface area contributed by atoms with Gasteiger partial charge in [-0.05, 0) is 26.0 Å². The van der Waals surface area contributed by atoms with E-state index < -0.39 is 0 Å². The molecular weight excluding hydrogens is 388 g/mol. The van der Waals surface area contributed by atoms with Crippen LogP contribution in [0.15, 0.2) is 30.5 Å². The van der Waals surface area contributed by atoms with Gasteiger partial charge in [0.05, 0.1) is 36.6 Å². The van der Waals surface area contributed by atoms with Crippen molar-refractivity contribution in [1.82, 2.24) is 14.3 Å². The second-order valence-corrected chi connectivity index (χ2v) is 8.62. The summed E-state index contributed by atoms with van der Waals surface area (Å²) in [5, 5.41) is 0. The average molecular weight is 413 g/mol. The number of carbonyl (C=O) groups excluding carboxylic acids is 2. The van der Waals surface area contributed by atoms with Crippen LogP contribution in [0.4, 0.5) is 5.69 Å². The molecule has 152 valence electrons. The van der Waals surface area contributed by atoms with Gasteiger partial charge in [0.25, 0.3) is 0 Å². The maximum Gasteiger partial charge on any atom is 0.228 e. The van der Waals surface area contributed by atoms with E-state index >= 15 is 0 Å². The second-order valence-electron chi connectivity index (χ2n) is 7.41. The summed E-state index contributed by atoms with van der Waals surface area (Å²) >= 11 is 1.63. The fraction of sp³-hybridized carbons (Fsp3) is 0.381. The summed E-state index contributed by atoms with van der Waals surface area (Å²) in [6.45, 7) is 4.83. The van der Waals surface area contributed by atoms with E-state index in [1.165, 1.54) is 4.88 Å². The van der Waals surface area contributed by atoms with Gasteiger partial charge in [0, 0.05) is 31.1 Å². The monoisotopic (exact) mass is 412 g/mol. The lowest BCUT2D eigenvalue weighted by Crippen LogP contribution is -2.34. The summed E-state index contributed by atoms with van der Waals surface area (Å²) in [5.74, 6) is 0.174. The molecule has 1 aliphatic rings. The standard InChI is InChI=1S/C21H24N4O3S/c1-13-10-25-17(14(2)22-21(25)29-13)12-23(3)20(27)15-9-19(26)24(11-15)16-7-5-6-8-18(16)28-4/h5-8,10,15H,9,11-12H2,1-4H3. The molecule has 1 fully saturated rings. The van der Waals surface area contributed by atoms with Crippen molar-refractivity contribution in [2.45, 2.75) is 26.8 Å². The van der Waals surface area contributed by atoms with Crippen LogP contribution in [0.3, 0.4) is 0 Å². The third-order valence-electron chi connectivity index (χ3n) is 5.35. The zero-order valence-electron chi connectivity index (χ0n) is 17.0. The Morgan fingerprint density at radius 3 is 2.86 bits per heavy atom. The van der Waals surface area contributed by atoms with Gasteiger partial charge in [-0.15, -0.1) is 11.3 Å². The number of anilines is 1. The minimum absolute atomic E-state index is 0.0305. The van der Waals surface area contributed by atoms with Crippen molar-refractivity contribution in [3.63, 3.8) is 0 Å². The van der Waals surface area contributed by atoms with Crippen LogP contribution < -0.4 is 9.64 Å². The lowest BCUT2D eigenvalue weighted by Gasteiger charge is -2.22. The minimum atomic E-state index is -0.370. The van der Waals surface area contributed by atoms with Gasteiger partial charge in [0.2, 0.25) is 11.8 Å². The Kier molecular flexibility index (Phi) is 5.04. The van der Waals surface area contributed by atoms with Crippen molar-refractivity contribution in [2.24, 2.45) is 5.92 Å². The van der Waals surface area contributed by atoms with Crippen molar-refractivity contribution >= 4 is 33.8 Å². The van der Waals surface area contributed by atoms with E-state index in [0.29, 0.717) is 24.5 Å². The molecule has 29 heavy (non-hydrogen) atoms. The predicted molar refractivity (Wildman–Crippen MR) is 112 cm³/mol. The quantitative estimate of drug-likeness (QED) is 0.646. The van der Waals surface area contributed by atoms with Crippen LogP contribution in [0, 0.1) is 19.8 Å². The number of aromatic nitrogens is 2. The Bertz CT molecular complexity index is 1090. The molecule has 1 aliphatic heterocycles. The van der Waals surface area contributed by atoms with Crippen LogP contribution in [-0.2, 0) is 16.1 Å². The van der Waals surface area contributed by atoms with E-state index in [9.17, 15) is 9.59 Å². The largest absolute Gasteiger partial charge is 0.495 e. The molecule has 3 heterocycles. The first-order valence-electron chi connectivity index (χ1n) is 9.51. The average Bonchev–Trinajstić information content (AvgIpc) is 3.34. The molecule has 3 aromatic rings. The Morgan fingerprint density at radius 1 is 1.34 bits per heavy atom. The number of ether oxygens (including phenoxy) is 1. The van der Waals surface area contributed by atoms with Gasteiger partial charge >= 0.3 is 0 Å². The van der Waals surface area contributed by atoms with E-state index in [0.717, 1.165) is 16.3 Å². The topological polar surface area (TPSA) is 67.2 Å². The molecule has 7 nitrogen and oxygen atoms in total. The number of thiazole rings is 1. The van der Waals surface area contributed by atoms with E-state index in [1.54, 1.807) is 35.3 Å². The predicted octanol–water partition coefficient (Wildman–Crippen LogP) is 3.03. The molecule has 0 bridgehead atoms. The number of nitrogens with zero attached hydrogens (tertiary/aromatic N) is 4. The molecule has 4 rings (SSSR count). The van der Waals surface area contributed by atoms with Gasteiger partial charge in [-0.2, -0.15) is 0 Å². The number of methoxy groups -OCH3 is 1. The number of amides is 2. The molecule has 0 saturated carbocycles. The fourth-order valence-electron chi connectivity index (χ4n) is 3.87. The van der Waals surface area contributed by atoms with Crippen molar-refractivity contribution < 1.29 is 14.3 Å². The lowest BCUT2D eigenvalue weighted by molar-refractivity contribution is -0.135. The molecule has 1 unspecified atom stereocenters. The zero-order valence-corrected chi connectivity index (χ0v) is 17.8. The van der Waals surface area contributed by atoms with Crippen LogP contribution in [0.25, 0.3) is 4.96 Å². The van der Waals surface area contributed by atoms with Crippen LogP contribution in [0.2, 0.25) is 0 Å². The highest BCUT2D eigenvalue weighted by atomic mass is 32.1. The highest BCUT2D eigenvalue weighted by Gasteiger charge is 2.37. The molecule has 1 saturated heterocycles. The minimum Gasteiger partial charge on any atom is -0.495 e. The summed E-state index contributed by atoms with van der Waals surface area (Å²) < 4.78 is 7.43. The van der Waals surface area contributed by atoms with E-state index in [-0.39, 0.29) is 24.2 Å². The SMILES string of the molecule is COc1ccccc1N1CC(C(=O)N(C)Cc2c(C)nc3sc(C)cn23)CC1=O. The first-order valence-corrected chi connectivity index (χ1v) is 10.3. The van der Waals surface area contributed by atoms with Crippen LogP contribution in [0.5, 0.6) is 5.75 Å². The Labute approximate surface area is 173 Å². The first-order chi connectivity index (χ1) is 13.9. The Balaban J connectivity index is 1.51. The third kappa shape index (κ3) is 3.48.